The molecule has 6 nitrogen and oxygen atoms in total. The van der Waals surface area contributed by atoms with Gasteiger partial charge >= 0.3 is 6.18 Å². The van der Waals surface area contributed by atoms with Gasteiger partial charge in [0.05, 0.1) is 17.2 Å². The quantitative estimate of drug-likeness (QED) is 0.671. The van der Waals surface area contributed by atoms with E-state index < -0.39 is 17.7 Å². The number of hydrogen-bond acceptors (Lipinski definition) is 3. The summed E-state index contributed by atoms with van der Waals surface area (Å²) in [5, 5.41) is 6.96. The van der Waals surface area contributed by atoms with Crippen molar-refractivity contribution in [1.82, 2.24) is 14.7 Å². The van der Waals surface area contributed by atoms with Crippen molar-refractivity contribution < 1.29 is 22.8 Å². The maximum absolute atomic E-state index is 12.9. The number of anilines is 1. The standard InChI is InChI=1S/C22H19F3N4O2/c23-22(24,25)17-5-1-4-15(10-17)13-28-14-16(11-20(28)30)21(31)27-18-6-2-7-19(12-18)29-9-3-8-26-29/h1-10,12,16H,11,13-14H2,(H,27,31). The van der Waals surface area contributed by atoms with Crippen molar-refractivity contribution in [3.63, 3.8) is 0 Å². The van der Waals surface area contributed by atoms with Crippen molar-refractivity contribution in [3.05, 3.63) is 78.1 Å². The summed E-state index contributed by atoms with van der Waals surface area (Å²) < 4.78 is 40.4. The second-order valence-corrected chi connectivity index (χ2v) is 7.36. The number of rotatable bonds is 5. The van der Waals surface area contributed by atoms with Gasteiger partial charge in [-0.05, 0) is 42.0 Å². The Morgan fingerprint density at radius 1 is 1.13 bits per heavy atom. The molecule has 1 saturated heterocycles. The summed E-state index contributed by atoms with van der Waals surface area (Å²) in [6.45, 7) is 0.182. The highest BCUT2D eigenvalue weighted by Gasteiger charge is 2.35. The van der Waals surface area contributed by atoms with E-state index in [1.807, 2.05) is 6.07 Å². The summed E-state index contributed by atoms with van der Waals surface area (Å²) in [4.78, 5) is 26.4. The Hall–Kier alpha value is -3.62. The first-order valence-corrected chi connectivity index (χ1v) is 9.64. The van der Waals surface area contributed by atoms with Crippen molar-refractivity contribution in [3.8, 4) is 5.69 Å². The number of likely N-dealkylation sites (tertiary alicyclic amines) is 1. The molecule has 0 saturated carbocycles. The molecule has 2 amide bonds. The minimum absolute atomic E-state index is 0.0175. The van der Waals surface area contributed by atoms with E-state index in [0.29, 0.717) is 11.3 Å². The van der Waals surface area contributed by atoms with Crippen molar-refractivity contribution in [2.75, 3.05) is 11.9 Å². The van der Waals surface area contributed by atoms with Gasteiger partial charge in [-0.1, -0.05) is 18.2 Å². The summed E-state index contributed by atoms with van der Waals surface area (Å²) in [7, 11) is 0. The SMILES string of the molecule is O=C(Nc1cccc(-n2cccn2)c1)C1CC(=O)N(Cc2cccc(C(F)(F)F)c2)C1. The average molecular weight is 428 g/mol. The molecule has 0 bridgehead atoms. The fourth-order valence-electron chi connectivity index (χ4n) is 3.56. The second-order valence-electron chi connectivity index (χ2n) is 7.36. The third-order valence-electron chi connectivity index (χ3n) is 5.10. The van der Waals surface area contributed by atoms with Crippen LogP contribution >= 0.6 is 0 Å². The van der Waals surface area contributed by atoms with E-state index in [1.165, 1.54) is 17.0 Å². The van der Waals surface area contributed by atoms with Gasteiger partial charge in [0.25, 0.3) is 0 Å². The molecule has 1 N–H and O–H groups in total. The average Bonchev–Trinajstić information content (AvgIpc) is 3.39. The molecule has 1 aliphatic rings. The zero-order valence-corrected chi connectivity index (χ0v) is 16.3. The number of benzene rings is 2. The lowest BCUT2D eigenvalue weighted by molar-refractivity contribution is -0.137. The van der Waals surface area contributed by atoms with Crippen LogP contribution in [0.25, 0.3) is 5.69 Å². The van der Waals surface area contributed by atoms with E-state index in [1.54, 1.807) is 41.3 Å². The monoisotopic (exact) mass is 428 g/mol. The fourth-order valence-corrected chi connectivity index (χ4v) is 3.56. The van der Waals surface area contributed by atoms with Gasteiger partial charge in [-0.2, -0.15) is 18.3 Å². The zero-order chi connectivity index (χ0) is 22.0. The van der Waals surface area contributed by atoms with E-state index in [9.17, 15) is 22.8 Å². The topological polar surface area (TPSA) is 67.2 Å². The van der Waals surface area contributed by atoms with Crippen LogP contribution in [0, 0.1) is 5.92 Å². The van der Waals surface area contributed by atoms with Crippen LogP contribution in [0.5, 0.6) is 0 Å². The fraction of sp³-hybridized carbons (Fsp3) is 0.227. The normalized spacial score (nSPS) is 16.5. The predicted molar refractivity (Wildman–Crippen MR) is 107 cm³/mol. The van der Waals surface area contributed by atoms with Gasteiger partial charge in [0.1, 0.15) is 0 Å². The summed E-state index contributed by atoms with van der Waals surface area (Å²) in [5.74, 6) is -1.15. The number of carbonyl (C=O) groups excluding carboxylic acids is 2. The molecular formula is C22H19F3N4O2. The number of carbonyl (C=O) groups is 2. The third kappa shape index (κ3) is 4.76. The van der Waals surface area contributed by atoms with Gasteiger partial charge in [0.2, 0.25) is 11.8 Å². The number of amides is 2. The Morgan fingerprint density at radius 3 is 2.68 bits per heavy atom. The van der Waals surface area contributed by atoms with Gasteiger partial charge in [0, 0.05) is 37.6 Å². The van der Waals surface area contributed by atoms with Crippen LogP contribution in [0.1, 0.15) is 17.5 Å². The molecule has 0 spiro atoms. The number of halogens is 3. The molecule has 1 atom stereocenters. The highest BCUT2D eigenvalue weighted by atomic mass is 19.4. The maximum atomic E-state index is 12.9. The highest BCUT2D eigenvalue weighted by Crippen LogP contribution is 2.30. The number of nitrogens with one attached hydrogen (secondary N) is 1. The van der Waals surface area contributed by atoms with Gasteiger partial charge in [0.15, 0.2) is 0 Å². The van der Waals surface area contributed by atoms with Gasteiger partial charge in [-0.25, -0.2) is 4.68 Å². The van der Waals surface area contributed by atoms with Crippen LogP contribution in [0.3, 0.4) is 0 Å². The molecule has 1 unspecified atom stereocenters. The number of alkyl halides is 3. The molecule has 1 fully saturated rings. The largest absolute Gasteiger partial charge is 0.416 e. The lowest BCUT2D eigenvalue weighted by Crippen LogP contribution is -2.28. The smallest absolute Gasteiger partial charge is 0.338 e. The third-order valence-corrected chi connectivity index (χ3v) is 5.10. The van der Waals surface area contributed by atoms with E-state index in [2.05, 4.69) is 10.4 Å². The van der Waals surface area contributed by atoms with E-state index >= 15 is 0 Å². The second kappa shape index (κ2) is 8.25. The molecule has 0 aliphatic carbocycles. The molecule has 2 heterocycles. The van der Waals surface area contributed by atoms with Crippen LogP contribution in [0.4, 0.5) is 18.9 Å². The Balaban J connectivity index is 1.40. The van der Waals surface area contributed by atoms with Crippen molar-refractivity contribution in [2.24, 2.45) is 5.92 Å². The molecule has 2 aromatic carbocycles. The lowest BCUT2D eigenvalue weighted by Gasteiger charge is -2.18. The van der Waals surface area contributed by atoms with Crippen LogP contribution in [0.15, 0.2) is 67.0 Å². The summed E-state index contributed by atoms with van der Waals surface area (Å²) in [5.41, 5.74) is 0.956. The first kappa shape index (κ1) is 20.6. The summed E-state index contributed by atoms with van der Waals surface area (Å²) in [6, 6.07) is 13.8. The van der Waals surface area contributed by atoms with Gasteiger partial charge < -0.3 is 10.2 Å². The molecule has 9 heteroatoms. The van der Waals surface area contributed by atoms with Crippen LogP contribution in [-0.4, -0.2) is 33.0 Å². The van der Waals surface area contributed by atoms with Crippen LogP contribution in [-0.2, 0) is 22.3 Å². The number of hydrogen-bond donors (Lipinski definition) is 1. The minimum atomic E-state index is -4.45. The van der Waals surface area contributed by atoms with E-state index in [-0.39, 0.29) is 31.3 Å². The molecule has 1 aliphatic heterocycles. The molecule has 4 rings (SSSR count). The molecule has 1 aromatic heterocycles. The first-order chi connectivity index (χ1) is 14.8. The van der Waals surface area contributed by atoms with Crippen molar-refractivity contribution >= 4 is 17.5 Å². The lowest BCUT2D eigenvalue weighted by atomic mass is 10.1. The Bertz CT molecular complexity index is 1100. The van der Waals surface area contributed by atoms with Crippen LogP contribution < -0.4 is 5.32 Å². The van der Waals surface area contributed by atoms with E-state index in [4.69, 9.17) is 0 Å². The highest BCUT2D eigenvalue weighted by molar-refractivity contribution is 5.97. The molecular weight excluding hydrogens is 409 g/mol. The molecule has 0 radical (unpaired) electrons. The first-order valence-electron chi connectivity index (χ1n) is 9.64. The minimum Gasteiger partial charge on any atom is -0.338 e. The summed E-state index contributed by atoms with van der Waals surface area (Å²) in [6.07, 6.45) is -1.00. The Kier molecular flexibility index (Phi) is 5.50. The molecule has 31 heavy (non-hydrogen) atoms. The van der Waals surface area contributed by atoms with E-state index in [0.717, 1.165) is 17.8 Å². The summed E-state index contributed by atoms with van der Waals surface area (Å²) >= 11 is 0. The zero-order valence-electron chi connectivity index (χ0n) is 16.3. The number of aromatic nitrogens is 2. The van der Waals surface area contributed by atoms with Gasteiger partial charge in [-0.3, -0.25) is 9.59 Å². The Labute approximate surface area is 176 Å². The van der Waals surface area contributed by atoms with Crippen molar-refractivity contribution in [2.45, 2.75) is 19.1 Å². The maximum Gasteiger partial charge on any atom is 0.416 e. The predicted octanol–water partition coefficient (Wildman–Crippen LogP) is 3.88. The Morgan fingerprint density at radius 2 is 1.94 bits per heavy atom. The molecule has 160 valence electrons. The van der Waals surface area contributed by atoms with Crippen molar-refractivity contribution in [1.29, 1.82) is 0 Å². The van der Waals surface area contributed by atoms with Crippen LogP contribution in [0.2, 0.25) is 0 Å². The van der Waals surface area contributed by atoms with Gasteiger partial charge in [-0.15, -0.1) is 0 Å². The molecule has 3 aromatic rings. The number of nitrogens with zero attached hydrogens (tertiary/aromatic N) is 3.